The van der Waals surface area contributed by atoms with Gasteiger partial charge in [-0.1, -0.05) is 19.3 Å². The van der Waals surface area contributed by atoms with Crippen LogP contribution in [0, 0.1) is 0 Å². The molecule has 90 valence electrons. The second kappa shape index (κ2) is 8.08. The third-order valence-electron chi connectivity index (χ3n) is 3.35. The third-order valence-corrected chi connectivity index (χ3v) is 3.35. The maximum absolute atomic E-state index is 8.63. The molecule has 1 aliphatic carbocycles. The van der Waals surface area contributed by atoms with Crippen molar-refractivity contribution in [1.29, 1.82) is 0 Å². The van der Waals surface area contributed by atoms with Crippen molar-refractivity contribution in [3.8, 4) is 0 Å². The van der Waals surface area contributed by atoms with Gasteiger partial charge in [0.25, 0.3) is 0 Å². The standard InChI is InChI=1S/C12H26N2O/c1-14(10-9-13-8-5-11-15)12-6-3-2-4-7-12/h12-13,15H,2-11H2,1H3. The summed E-state index contributed by atoms with van der Waals surface area (Å²) in [6, 6.07) is 0.818. The highest BCUT2D eigenvalue weighted by molar-refractivity contribution is 4.73. The van der Waals surface area contributed by atoms with E-state index in [0.29, 0.717) is 6.61 Å². The topological polar surface area (TPSA) is 35.5 Å². The van der Waals surface area contributed by atoms with Crippen molar-refractivity contribution in [2.24, 2.45) is 0 Å². The molecule has 1 fully saturated rings. The van der Waals surface area contributed by atoms with Gasteiger partial charge in [0.2, 0.25) is 0 Å². The fourth-order valence-corrected chi connectivity index (χ4v) is 2.29. The summed E-state index contributed by atoms with van der Waals surface area (Å²) in [5.74, 6) is 0. The van der Waals surface area contributed by atoms with E-state index < -0.39 is 0 Å². The summed E-state index contributed by atoms with van der Waals surface area (Å²) in [7, 11) is 2.24. The van der Waals surface area contributed by atoms with Gasteiger partial charge in [0.05, 0.1) is 0 Å². The van der Waals surface area contributed by atoms with Gasteiger partial charge < -0.3 is 15.3 Å². The van der Waals surface area contributed by atoms with Crippen LogP contribution < -0.4 is 5.32 Å². The number of nitrogens with one attached hydrogen (secondary N) is 1. The van der Waals surface area contributed by atoms with Crippen LogP contribution in [-0.4, -0.2) is 49.3 Å². The molecule has 1 saturated carbocycles. The van der Waals surface area contributed by atoms with Crippen LogP contribution in [0.4, 0.5) is 0 Å². The van der Waals surface area contributed by atoms with Gasteiger partial charge in [-0.15, -0.1) is 0 Å². The molecule has 1 rings (SSSR count). The maximum atomic E-state index is 8.63. The van der Waals surface area contributed by atoms with E-state index in [1.54, 1.807) is 0 Å². The molecule has 0 amide bonds. The molecule has 0 unspecified atom stereocenters. The van der Waals surface area contributed by atoms with Crippen molar-refractivity contribution in [1.82, 2.24) is 10.2 Å². The van der Waals surface area contributed by atoms with E-state index in [-0.39, 0.29) is 0 Å². The fraction of sp³-hybridized carbons (Fsp3) is 1.00. The number of aliphatic hydroxyl groups is 1. The zero-order valence-corrected chi connectivity index (χ0v) is 10.0. The van der Waals surface area contributed by atoms with Crippen LogP contribution in [-0.2, 0) is 0 Å². The monoisotopic (exact) mass is 214 g/mol. The minimum atomic E-state index is 0.297. The highest BCUT2D eigenvalue weighted by atomic mass is 16.3. The predicted molar refractivity (Wildman–Crippen MR) is 64.1 cm³/mol. The van der Waals surface area contributed by atoms with Crippen LogP contribution in [0.15, 0.2) is 0 Å². The lowest BCUT2D eigenvalue weighted by molar-refractivity contribution is 0.191. The lowest BCUT2D eigenvalue weighted by Crippen LogP contribution is -2.38. The van der Waals surface area contributed by atoms with Crippen molar-refractivity contribution < 1.29 is 5.11 Å². The molecule has 0 aromatic carbocycles. The Balaban J connectivity index is 1.99. The Bertz CT molecular complexity index is 147. The fourth-order valence-electron chi connectivity index (χ4n) is 2.29. The van der Waals surface area contributed by atoms with Crippen molar-refractivity contribution in [3.05, 3.63) is 0 Å². The molecule has 2 N–H and O–H groups in total. The van der Waals surface area contributed by atoms with E-state index in [2.05, 4.69) is 17.3 Å². The molecule has 0 heterocycles. The molecule has 1 aliphatic rings. The second-order valence-electron chi connectivity index (χ2n) is 4.60. The lowest BCUT2D eigenvalue weighted by atomic mass is 9.94. The Morgan fingerprint density at radius 3 is 2.60 bits per heavy atom. The summed E-state index contributed by atoms with van der Waals surface area (Å²) in [5.41, 5.74) is 0. The molecule has 3 heteroatoms. The smallest absolute Gasteiger partial charge is 0.0443 e. The van der Waals surface area contributed by atoms with E-state index in [1.807, 2.05) is 0 Å². The SMILES string of the molecule is CN(CCNCCCO)C1CCCCC1. The number of aliphatic hydroxyl groups excluding tert-OH is 1. The van der Waals surface area contributed by atoms with Crippen molar-refractivity contribution in [3.63, 3.8) is 0 Å². The highest BCUT2D eigenvalue weighted by Crippen LogP contribution is 2.20. The molecule has 0 spiro atoms. The molecule has 3 nitrogen and oxygen atoms in total. The average molecular weight is 214 g/mol. The van der Waals surface area contributed by atoms with Crippen LogP contribution in [0.5, 0.6) is 0 Å². The largest absolute Gasteiger partial charge is 0.396 e. The Kier molecular flexibility index (Phi) is 6.98. The molecule has 0 bridgehead atoms. The van der Waals surface area contributed by atoms with Crippen molar-refractivity contribution in [2.75, 3.05) is 33.3 Å². The number of rotatable bonds is 7. The summed E-state index contributed by atoms with van der Waals surface area (Å²) in [6.07, 6.45) is 7.88. The van der Waals surface area contributed by atoms with Gasteiger partial charge in [-0.3, -0.25) is 0 Å². The van der Waals surface area contributed by atoms with Gasteiger partial charge in [0.15, 0.2) is 0 Å². The van der Waals surface area contributed by atoms with Crippen LogP contribution >= 0.6 is 0 Å². The Labute approximate surface area is 93.9 Å². The molecule has 0 aromatic heterocycles. The van der Waals surface area contributed by atoms with E-state index in [1.165, 1.54) is 32.1 Å². The van der Waals surface area contributed by atoms with Crippen molar-refractivity contribution in [2.45, 2.75) is 44.6 Å². The quantitative estimate of drug-likeness (QED) is 0.626. The summed E-state index contributed by atoms with van der Waals surface area (Å²) in [5, 5.41) is 12.0. The van der Waals surface area contributed by atoms with Gasteiger partial charge in [-0.25, -0.2) is 0 Å². The van der Waals surface area contributed by atoms with E-state index >= 15 is 0 Å². The predicted octanol–water partition coefficient (Wildman–Crippen LogP) is 1.22. The van der Waals surface area contributed by atoms with Crippen LogP contribution in [0.1, 0.15) is 38.5 Å². The van der Waals surface area contributed by atoms with Crippen LogP contribution in [0.25, 0.3) is 0 Å². The van der Waals surface area contributed by atoms with Crippen LogP contribution in [0.3, 0.4) is 0 Å². The first-order chi connectivity index (χ1) is 7.34. The first-order valence-electron chi connectivity index (χ1n) is 6.36. The number of likely N-dealkylation sites (N-methyl/N-ethyl adjacent to an activating group) is 1. The summed E-state index contributed by atoms with van der Waals surface area (Å²) >= 11 is 0. The zero-order valence-electron chi connectivity index (χ0n) is 10.0. The summed E-state index contributed by atoms with van der Waals surface area (Å²) in [4.78, 5) is 2.49. The van der Waals surface area contributed by atoms with Gasteiger partial charge in [-0.2, -0.15) is 0 Å². The number of nitrogens with zero attached hydrogens (tertiary/aromatic N) is 1. The highest BCUT2D eigenvalue weighted by Gasteiger charge is 2.16. The Hall–Kier alpha value is -0.120. The minimum absolute atomic E-state index is 0.297. The molecular formula is C12H26N2O. The summed E-state index contributed by atoms with van der Waals surface area (Å²) < 4.78 is 0. The lowest BCUT2D eigenvalue weighted by Gasteiger charge is -2.31. The van der Waals surface area contributed by atoms with E-state index in [4.69, 9.17) is 5.11 Å². The second-order valence-corrected chi connectivity index (χ2v) is 4.60. The third kappa shape index (κ3) is 5.50. The van der Waals surface area contributed by atoms with Crippen LogP contribution in [0.2, 0.25) is 0 Å². The summed E-state index contributed by atoms with van der Waals surface area (Å²) in [6.45, 7) is 3.42. The van der Waals surface area contributed by atoms with Gasteiger partial charge >= 0.3 is 0 Å². The molecule has 0 aromatic rings. The first-order valence-corrected chi connectivity index (χ1v) is 6.36. The molecular weight excluding hydrogens is 188 g/mol. The molecule has 0 aliphatic heterocycles. The number of hydrogen-bond donors (Lipinski definition) is 2. The van der Waals surface area contributed by atoms with Gasteiger partial charge in [0.1, 0.15) is 0 Å². The Morgan fingerprint density at radius 1 is 1.20 bits per heavy atom. The van der Waals surface area contributed by atoms with E-state index in [9.17, 15) is 0 Å². The Morgan fingerprint density at radius 2 is 1.93 bits per heavy atom. The van der Waals surface area contributed by atoms with Gasteiger partial charge in [-0.05, 0) is 32.9 Å². The van der Waals surface area contributed by atoms with Crippen molar-refractivity contribution >= 4 is 0 Å². The first kappa shape index (κ1) is 12.9. The molecule has 15 heavy (non-hydrogen) atoms. The normalized spacial score (nSPS) is 18.6. The van der Waals surface area contributed by atoms with E-state index in [0.717, 1.165) is 32.1 Å². The minimum Gasteiger partial charge on any atom is -0.396 e. The molecule has 0 atom stereocenters. The maximum Gasteiger partial charge on any atom is 0.0443 e. The zero-order chi connectivity index (χ0) is 10.9. The average Bonchev–Trinajstić information content (AvgIpc) is 2.30. The molecule has 0 radical (unpaired) electrons. The molecule has 0 saturated heterocycles. The van der Waals surface area contributed by atoms with Gasteiger partial charge in [0, 0.05) is 25.7 Å². The number of hydrogen-bond acceptors (Lipinski definition) is 3.